The van der Waals surface area contributed by atoms with Gasteiger partial charge in [-0.05, 0) is 29.8 Å². The van der Waals surface area contributed by atoms with Gasteiger partial charge in [0.15, 0.2) is 5.82 Å². The lowest BCUT2D eigenvalue weighted by Gasteiger charge is -2.20. The lowest BCUT2D eigenvalue weighted by Crippen LogP contribution is -2.42. The first-order valence-corrected chi connectivity index (χ1v) is 10.7. The summed E-state index contributed by atoms with van der Waals surface area (Å²) < 4.78 is 5.68. The van der Waals surface area contributed by atoms with E-state index >= 15 is 0 Å². The number of aromatic nitrogens is 1. The van der Waals surface area contributed by atoms with Gasteiger partial charge in [-0.15, -0.1) is 0 Å². The van der Waals surface area contributed by atoms with E-state index in [0.717, 1.165) is 4.42 Å². The van der Waals surface area contributed by atoms with Crippen molar-refractivity contribution < 1.29 is 19.4 Å². The van der Waals surface area contributed by atoms with Crippen LogP contribution in [0.5, 0.6) is 0 Å². The number of rotatable bonds is 11. The predicted molar refractivity (Wildman–Crippen MR) is 129 cm³/mol. The van der Waals surface area contributed by atoms with Gasteiger partial charge < -0.3 is 20.5 Å². The minimum Gasteiger partial charge on any atom is -0.480 e. The van der Waals surface area contributed by atoms with Crippen LogP contribution < -0.4 is 25.9 Å². The Bertz CT molecular complexity index is 1260. The third-order valence-electron chi connectivity index (χ3n) is 4.88. The second kappa shape index (κ2) is 11.1. The van der Waals surface area contributed by atoms with Crippen molar-refractivity contribution in [2.75, 3.05) is 35.3 Å². The first-order chi connectivity index (χ1) is 16.2. The smallest absolute Gasteiger partial charge is 0.326 e. The third-order valence-corrected chi connectivity index (χ3v) is 5.49. The van der Waals surface area contributed by atoms with Gasteiger partial charge >= 0.3 is 5.97 Å². The van der Waals surface area contributed by atoms with Gasteiger partial charge in [0.2, 0.25) is 0 Å². The zero-order valence-corrected chi connectivity index (χ0v) is 19.4. The summed E-state index contributed by atoms with van der Waals surface area (Å²) in [5.41, 5.74) is -0.755. The number of hydrogen-bond acceptors (Lipinski definition) is 8. The van der Waals surface area contributed by atoms with Crippen LogP contribution in [-0.4, -0.2) is 48.3 Å². The number of pyridine rings is 1. The van der Waals surface area contributed by atoms with Gasteiger partial charge in [0, 0.05) is 43.6 Å². The summed E-state index contributed by atoms with van der Waals surface area (Å²) in [5.74, 6) is -1.71. The second-order valence-electron chi connectivity index (χ2n) is 7.16. The van der Waals surface area contributed by atoms with Crippen LogP contribution in [0.3, 0.4) is 0 Å². The molecule has 0 aliphatic heterocycles. The van der Waals surface area contributed by atoms with Gasteiger partial charge in [-0.25, -0.2) is 9.78 Å². The number of amides is 1. The van der Waals surface area contributed by atoms with E-state index in [1.807, 2.05) is 0 Å². The van der Waals surface area contributed by atoms with Crippen LogP contribution in [-0.2, 0) is 16.0 Å². The van der Waals surface area contributed by atoms with Crippen molar-refractivity contribution in [1.29, 1.82) is 0 Å². The maximum absolute atomic E-state index is 12.6. The molecule has 34 heavy (non-hydrogen) atoms. The largest absolute Gasteiger partial charge is 0.480 e. The number of carboxylic acids is 1. The molecule has 0 unspecified atom stereocenters. The summed E-state index contributed by atoms with van der Waals surface area (Å²) in [4.78, 5) is 52.1. The fourth-order valence-electron chi connectivity index (χ4n) is 3.10. The molecule has 1 atom stereocenters. The average Bonchev–Trinajstić information content (AvgIpc) is 2.84. The van der Waals surface area contributed by atoms with E-state index in [-0.39, 0.29) is 40.7 Å². The number of carbonyl (C=O) groups excluding carboxylic acids is 1. The SMILES string of the molecule is COCCNc1c(N[C@@H](Cc2ccc(C(=O)N(Cl)c3ncccc3Cl)cc2)C(=O)O)c(=O)c1=O. The molecular weight excluding hydrogens is 487 g/mol. The van der Waals surface area contributed by atoms with Gasteiger partial charge in [0.05, 0.1) is 11.6 Å². The van der Waals surface area contributed by atoms with Crippen molar-refractivity contribution in [2.45, 2.75) is 12.5 Å². The number of hydrogen-bond donors (Lipinski definition) is 3. The van der Waals surface area contributed by atoms with Crippen molar-refractivity contribution in [3.63, 3.8) is 0 Å². The van der Waals surface area contributed by atoms with E-state index in [9.17, 15) is 24.3 Å². The molecule has 1 aromatic heterocycles. The molecule has 0 aliphatic rings. The van der Waals surface area contributed by atoms with E-state index < -0.39 is 28.8 Å². The van der Waals surface area contributed by atoms with Crippen molar-refractivity contribution in [3.8, 4) is 0 Å². The van der Waals surface area contributed by atoms with E-state index in [1.54, 1.807) is 24.3 Å². The normalized spacial score (nSPS) is 11.7. The highest BCUT2D eigenvalue weighted by Gasteiger charge is 2.27. The fraction of sp³-hybridized carbons (Fsp3) is 0.227. The summed E-state index contributed by atoms with van der Waals surface area (Å²) in [6, 6.07) is 8.05. The molecule has 0 radical (unpaired) electrons. The molecular formula is C22H20Cl2N4O6. The summed E-state index contributed by atoms with van der Waals surface area (Å²) >= 11 is 12.1. The Morgan fingerprint density at radius 2 is 1.82 bits per heavy atom. The van der Waals surface area contributed by atoms with E-state index in [2.05, 4.69) is 15.6 Å². The van der Waals surface area contributed by atoms with Crippen LogP contribution in [0.2, 0.25) is 5.02 Å². The standard InChI is InChI=1S/C22H20Cl2N4O6/c1-34-10-9-25-16-17(19(30)18(16)29)27-15(22(32)33)11-12-4-6-13(7-5-12)21(31)28(24)20-14(23)3-2-8-26-20/h2-8,15,25,27H,9-11H2,1H3,(H,32,33)/t15-/m0/s1. The number of anilines is 3. The van der Waals surface area contributed by atoms with Gasteiger partial charge in [-0.2, -0.15) is 4.42 Å². The van der Waals surface area contributed by atoms with Crippen LogP contribution in [0.15, 0.2) is 52.2 Å². The van der Waals surface area contributed by atoms with Crippen LogP contribution in [0.25, 0.3) is 0 Å². The number of benzene rings is 1. The molecule has 3 N–H and O–H groups in total. The van der Waals surface area contributed by atoms with Crippen molar-refractivity contribution in [2.24, 2.45) is 0 Å². The molecule has 10 nitrogen and oxygen atoms in total. The highest BCUT2D eigenvalue weighted by Crippen LogP contribution is 2.26. The Kier molecular flexibility index (Phi) is 8.21. The number of carbonyl (C=O) groups is 2. The van der Waals surface area contributed by atoms with Crippen LogP contribution in [0.1, 0.15) is 15.9 Å². The fourth-order valence-corrected chi connectivity index (χ4v) is 3.58. The summed E-state index contributed by atoms with van der Waals surface area (Å²) in [5, 5.41) is 15.2. The molecule has 3 rings (SSSR count). The topological polar surface area (TPSA) is 138 Å². The number of halogens is 2. The van der Waals surface area contributed by atoms with E-state index in [1.165, 1.54) is 25.4 Å². The molecule has 0 aliphatic carbocycles. The molecule has 0 saturated carbocycles. The van der Waals surface area contributed by atoms with Gasteiger partial charge in [-0.1, -0.05) is 23.7 Å². The Morgan fingerprint density at radius 1 is 1.15 bits per heavy atom. The van der Waals surface area contributed by atoms with Gasteiger partial charge in [0.25, 0.3) is 16.8 Å². The molecule has 3 aromatic rings. The Hall–Kier alpha value is -3.47. The minimum absolute atomic E-state index is 0.0171. The molecule has 0 bridgehead atoms. The zero-order valence-electron chi connectivity index (χ0n) is 17.9. The monoisotopic (exact) mass is 506 g/mol. The molecule has 0 spiro atoms. The maximum Gasteiger partial charge on any atom is 0.326 e. The Morgan fingerprint density at radius 3 is 2.44 bits per heavy atom. The van der Waals surface area contributed by atoms with Gasteiger partial charge in [-0.3, -0.25) is 14.4 Å². The molecule has 0 fully saturated rings. The van der Waals surface area contributed by atoms with Crippen molar-refractivity contribution >= 4 is 52.4 Å². The lowest BCUT2D eigenvalue weighted by molar-refractivity contribution is -0.137. The molecule has 178 valence electrons. The highest BCUT2D eigenvalue weighted by atomic mass is 35.5. The van der Waals surface area contributed by atoms with Crippen molar-refractivity contribution in [3.05, 3.63) is 79.2 Å². The number of nitrogens with one attached hydrogen (secondary N) is 2. The van der Waals surface area contributed by atoms with Crippen LogP contribution >= 0.6 is 23.4 Å². The average molecular weight is 507 g/mol. The molecule has 12 heteroatoms. The first-order valence-electron chi connectivity index (χ1n) is 9.99. The maximum atomic E-state index is 12.6. The Balaban J connectivity index is 1.71. The summed E-state index contributed by atoms with van der Waals surface area (Å²) in [6.45, 7) is 0.586. The van der Waals surface area contributed by atoms with Crippen LogP contribution in [0, 0.1) is 0 Å². The van der Waals surface area contributed by atoms with E-state index in [0.29, 0.717) is 12.2 Å². The first kappa shape index (κ1) is 25.2. The molecule has 1 heterocycles. The summed E-state index contributed by atoms with van der Waals surface area (Å²) in [6.07, 6.45) is 1.43. The second-order valence-corrected chi connectivity index (χ2v) is 7.90. The molecule has 1 amide bonds. The number of aliphatic carboxylic acids is 1. The third kappa shape index (κ3) is 5.53. The molecule has 2 aromatic carbocycles. The highest BCUT2D eigenvalue weighted by molar-refractivity contribution is 6.42. The van der Waals surface area contributed by atoms with E-state index in [4.69, 9.17) is 28.1 Å². The number of ether oxygens (including phenoxy) is 1. The van der Waals surface area contributed by atoms with Crippen LogP contribution in [0.4, 0.5) is 17.2 Å². The minimum atomic E-state index is -1.22. The lowest BCUT2D eigenvalue weighted by atomic mass is 10.0. The number of carboxylic acid groups (broad SMARTS) is 1. The molecule has 0 saturated heterocycles. The van der Waals surface area contributed by atoms with Gasteiger partial charge in [0.1, 0.15) is 17.4 Å². The zero-order chi connectivity index (χ0) is 24.8. The Labute approximate surface area is 203 Å². The number of methoxy groups -OCH3 is 1. The summed E-state index contributed by atoms with van der Waals surface area (Å²) in [7, 11) is 1.49. The number of nitrogens with zero attached hydrogens (tertiary/aromatic N) is 2. The van der Waals surface area contributed by atoms with Crippen molar-refractivity contribution in [1.82, 2.24) is 4.98 Å². The quantitative estimate of drug-likeness (QED) is 0.203. The predicted octanol–water partition coefficient (Wildman–Crippen LogP) is 2.30.